The predicted octanol–water partition coefficient (Wildman–Crippen LogP) is 5.42. The molecule has 2 aliphatic rings. The van der Waals surface area contributed by atoms with Crippen LogP contribution in [0.4, 0.5) is 0 Å². The first-order chi connectivity index (χ1) is 12.3. The highest BCUT2D eigenvalue weighted by molar-refractivity contribution is 5.86. The van der Waals surface area contributed by atoms with Crippen LogP contribution in [0.5, 0.6) is 0 Å². The van der Waals surface area contributed by atoms with E-state index >= 15 is 0 Å². The highest BCUT2D eigenvalue weighted by Gasteiger charge is 2.19. The molecule has 1 aromatic carbocycles. The van der Waals surface area contributed by atoms with Crippen LogP contribution in [0.2, 0.25) is 0 Å². The molecule has 1 N–H and O–H groups in total. The molecule has 25 heavy (non-hydrogen) atoms. The van der Waals surface area contributed by atoms with Crippen LogP contribution in [0, 0.1) is 0 Å². The summed E-state index contributed by atoms with van der Waals surface area (Å²) in [6.07, 6.45) is 15.7. The minimum Gasteiger partial charge on any atom is -0.376 e. The smallest absolute Gasteiger partial charge is 0.0520 e. The number of H-pyrrole nitrogens is 1. The molecule has 0 amide bonds. The number of nitrogens with one attached hydrogen (secondary N) is 1. The first kappa shape index (κ1) is 14.9. The fourth-order valence-electron chi connectivity index (χ4n) is 4.58. The molecule has 3 aromatic rings. The summed E-state index contributed by atoms with van der Waals surface area (Å²) in [5.41, 5.74) is 6.76. The highest BCUT2D eigenvalue weighted by Crippen LogP contribution is 2.37. The summed E-state index contributed by atoms with van der Waals surface area (Å²) in [6, 6.07) is 9.10. The zero-order valence-electron chi connectivity index (χ0n) is 14.8. The molecule has 1 aliphatic heterocycles. The van der Waals surface area contributed by atoms with Crippen molar-refractivity contribution in [2.24, 2.45) is 0 Å². The van der Waals surface area contributed by atoms with Crippen molar-refractivity contribution < 1.29 is 0 Å². The lowest BCUT2D eigenvalue weighted by molar-refractivity contribution is 0.445. The van der Waals surface area contributed by atoms with Gasteiger partial charge in [-0.2, -0.15) is 0 Å². The summed E-state index contributed by atoms with van der Waals surface area (Å²) in [5, 5.41) is 1.41. The Hall–Kier alpha value is -2.42. The maximum Gasteiger partial charge on any atom is 0.0520 e. The van der Waals surface area contributed by atoms with Crippen molar-refractivity contribution >= 4 is 17.0 Å². The Labute approximate surface area is 149 Å². The van der Waals surface area contributed by atoms with Crippen molar-refractivity contribution in [2.45, 2.75) is 44.6 Å². The number of nitrogens with zero attached hydrogens (tertiary/aromatic N) is 2. The number of aromatic amines is 1. The van der Waals surface area contributed by atoms with Gasteiger partial charge in [-0.05, 0) is 60.2 Å². The lowest BCUT2D eigenvalue weighted by atomic mass is 9.84. The predicted molar refractivity (Wildman–Crippen MR) is 104 cm³/mol. The standard InChI is InChI=1S/C22H25N3/c1-24-11-10-22-17(15-24)9-12-25(22)18-7-8-21-19(13-18)20(14-23-21)16-5-3-2-4-6-16/h7-14,16,23H,2-6,15H2,1H3. The Kier molecular flexibility index (Phi) is 3.47. The Bertz CT molecular complexity index is 937. The minimum absolute atomic E-state index is 0.727. The van der Waals surface area contributed by atoms with Gasteiger partial charge < -0.3 is 14.5 Å². The monoisotopic (exact) mass is 331 g/mol. The Morgan fingerprint density at radius 2 is 1.96 bits per heavy atom. The quantitative estimate of drug-likeness (QED) is 0.666. The van der Waals surface area contributed by atoms with Gasteiger partial charge in [0.25, 0.3) is 0 Å². The molecular formula is C22H25N3. The van der Waals surface area contributed by atoms with Crippen LogP contribution in [0.25, 0.3) is 22.7 Å². The van der Waals surface area contributed by atoms with Crippen LogP contribution in [-0.2, 0) is 6.54 Å². The second kappa shape index (κ2) is 5.83. The molecule has 0 saturated heterocycles. The summed E-state index contributed by atoms with van der Waals surface area (Å²) >= 11 is 0. The average molecular weight is 331 g/mol. The summed E-state index contributed by atoms with van der Waals surface area (Å²) in [7, 11) is 2.12. The van der Waals surface area contributed by atoms with Crippen LogP contribution in [0.15, 0.2) is 42.9 Å². The summed E-state index contributed by atoms with van der Waals surface area (Å²) in [4.78, 5) is 5.72. The molecule has 0 unspecified atom stereocenters. The van der Waals surface area contributed by atoms with E-state index in [0.717, 1.165) is 12.5 Å². The molecule has 2 aromatic heterocycles. The summed E-state index contributed by atoms with van der Waals surface area (Å²) in [5.74, 6) is 0.727. The molecule has 0 bridgehead atoms. The number of fused-ring (bicyclic) bond motifs is 2. The van der Waals surface area contributed by atoms with E-state index < -0.39 is 0 Å². The largest absolute Gasteiger partial charge is 0.376 e. The van der Waals surface area contributed by atoms with Crippen molar-refractivity contribution in [3.63, 3.8) is 0 Å². The third-order valence-corrected chi connectivity index (χ3v) is 5.94. The SMILES string of the molecule is CN1C=Cc2c(ccn2-c2ccc3[nH]cc(C4CCCCC4)c3c2)C1. The van der Waals surface area contributed by atoms with Crippen molar-refractivity contribution in [1.29, 1.82) is 0 Å². The van der Waals surface area contributed by atoms with E-state index in [4.69, 9.17) is 0 Å². The number of rotatable bonds is 2. The lowest BCUT2D eigenvalue weighted by Gasteiger charge is -2.21. The Balaban J connectivity index is 1.58. The highest BCUT2D eigenvalue weighted by atomic mass is 15.1. The molecule has 5 rings (SSSR count). The van der Waals surface area contributed by atoms with Crippen LogP contribution < -0.4 is 0 Å². The van der Waals surface area contributed by atoms with Crippen molar-refractivity contribution in [3.05, 3.63) is 59.7 Å². The van der Waals surface area contributed by atoms with Gasteiger partial charge in [0.05, 0.1) is 5.69 Å². The van der Waals surface area contributed by atoms with Gasteiger partial charge in [0.15, 0.2) is 0 Å². The molecule has 3 heterocycles. The van der Waals surface area contributed by atoms with Gasteiger partial charge in [0.2, 0.25) is 0 Å². The van der Waals surface area contributed by atoms with Gasteiger partial charge in [-0.3, -0.25) is 0 Å². The van der Waals surface area contributed by atoms with E-state index in [0.29, 0.717) is 0 Å². The summed E-state index contributed by atoms with van der Waals surface area (Å²) in [6.45, 7) is 0.985. The van der Waals surface area contributed by atoms with Gasteiger partial charge >= 0.3 is 0 Å². The van der Waals surface area contributed by atoms with E-state index in [1.165, 1.54) is 65.5 Å². The second-order valence-electron chi connectivity index (χ2n) is 7.64. The third-order valence-electron chi connectivity index (χ3n) is 5.94. The normalized spacial score (nSPS) is 18.0. The Morgan fingerprint density at radius 1 is 1.08 bits per heavy atom. The molecule has 128 valence electrons. The minimum atomic E-state index is 0.727. The van der Waals surface area contributed by atoms with Crippen LogP contribution in [0.3, 0.4) is 0 Å². The molecule has 0 spiro atoms. The molecule has 3 heteroatoms. The van der Waals surface area contributed by atoms with Gasteiger partial charge in [0.1, 0.15) is 0 Å². The lowest BCUT2D eigenvalue weighted by Crippen LogP contribution is -2.14. The number of hydrogen-bond acceptors (Lipinski definition) is 1. The van der Waals surface area contributed by atoms with E-state index in [-0.39, 0.29) is 0 Å². The maximum absolute atomic E-state index is 3.50. The Morgan fingerprint density at radius 3 is 2.84 bits per heavy atom. The fraction of sp³-hybridized carbons (Fsp3) is 0.364. The van der Waals surface area contributed by atoms with E-state index in [1.807, 2.05) is 0 Å². The number of aromatic nitrogens is 2. The molecule has 0 radical (unpaired) electrons. The third kappa shape index (κ3) is 2.50. The van der Waals surface area contributed by atoms with Crippen molar-refractivity contribution in [2.75, 3.05) is 7.05 Å². The van der Waals surface area contributed by atoms with Gasteiger partial charge in [-0.15, -0.1) is 0 Å². The van der Waals surface area contributed by atoms with E-state index in [1.54, 1.807) is 0 Å². The first-order valence-corrected chi connectivity index (χ1v) is 9.50. The second-order valence-corrected chi connectivity index (χ2v) is 7.64. The van der Waals surface area contributed by atoms with Gasteiger partial charge in [-0.25, -0.2) is 0 Å². The topological polar surface area (TPSA) is 24.0 Å². The van der Waals surface area contributed by atoms with Gasteiger partial charge in [0, 0.05) is 48.8 Å². The van der Waals surface area contributed by atoms with E-state index in [2.05, 4.69) is 70.4 Å². The average Bonchev–Trinajstić information content (AvgIpc) is 3.25. The molecule has 1 aliphatic carbocycles. The molecule has 1 saturated carbocycles. The number of hydrogen-bond donors (Lipinski definition) is 1. The van der Waals surface area contributed by atoms with Crippen molar-refractivity contribution in [1.82, 2.24) is 14.5 Å². The first-order valence-electron chi connectivity index (χ1n) is 9.50. The summed E-state index contributed by atoms with van der Waals surface area (Å²) < 4.78 is 2.33. The van der Waals surface area contributed by atoms with E-state index in [9.17, 15) is 0 Å². The van der Waals surface area contributed by atoms with Crippen LogP contribution in [0.1, 0.15) is 54.8 Å². The molecule has 0 atom stereocenters. The fourth-order valence-corrected chi connectivity index (χ4v) is 4.58. The zero-order valence-corrected chi connectivity index (χ0v) is 14.8. The molecule has 3 nitrogen and oxygen atoms in total. The van der Waals surface area contributed by atoms with Crippen molar-refractivity contribution in [3.8, 4) is 5.69 Å². The van der Waals surface area contributed by atoms with Crippen LogP contribution in [-0.4, -0.2) is 21.5 Å². The molecule has 1 fully saturated rings. The number of benzene rings is 1. The maximum atomic E-state index is 3.50. The van der Waals surface area contributed by atoms with Crippen LogP contribution >= 0.6 is 0 Å². The zero-order chi connectivity index (χ0) is 16.8. The van der Waals surface area contributed by atoms with Gasteiger partial charge in [-0.1, -0.05) is 19.3 Å². The molecular weight excluding hydrogens is 306 g/mol.